The normalized spacial score (nSPS) is 23.2. The van der Waals surface area contributed by atoms with Gasteiger partial charge in [-0.3, -0.25) is 9.59 Å². The Morgan fingerprint density at radius 1 is 1.14 bits per heavy atom. The molecule has 2 fully saturated rings. The number of amides is 2. The minimum absolute atomic E-state index is 0.0637. The van der Waals surface area contributed by atoms with Crippen molar-refractivity contribution in [1.82, 2.24) is 15.1 Å². The van der Waals surface area contributed by atoms with Crippen molar-refractivity contribution < 1.29 is 9.59 Å². The monoisotopic (exact) mass is 417 g/mol. The van der Waals surface area contributed by atoms with E-state index in [1.54, 1.807) is 11.3 Å². The van der Waals surface area contributed by atoms with E-state index in [2.05, 4.69) is 23.2 Å². The standard InChI is InChI=1S/C23H35N3O2S/c1-2-25-13-8-17(9-14-25)7-10-24-22(27)18-5-6-20-19(15-18)16-21(29-20)23(28)26-11-3-4-12-26/h16-18H,2-15H2,1H3,(H,24,27)/t18-/m1/s1. The number of fused-ring (bicyclic) bond motifs is 1. The van der Waals surface area contributed by atoms with E-state index >= 15 is 0 Å². The topological polar surface area (TPSA) is 52.7 Å². The van der Waals surface area contributed by atoms with Crippen LogP contribution in [0, 0.1) is 11.8 Å². The number of rotatable bonds is 6. The van der Waals surface area contributed by atoms with Crippen molar-refractivity contribution in [2.75, 3.05) is 39.3 Å². The number of carbonyl (C=O) groups is 2. The van der Waals surface area contributed by atoms with Gasteiger partial charge in [-0.2, -0.15) is 0 Å². The molecule has 0 spiro atoms. The van der Waals surface area contributed by atoms with Gasteiger partial charge in [0, 0.05) is 30.4 Å². The van der Waals surface area contributed by atoms with Crippen LogP contribution in [0.15, 0.2) is 6.07 Å². The average molecular weight is 418 g/mol. The van der Waals surface area contributed by atoms with Crippen molar-refractivity contribution in [3.05, 3.63) is 21.4 Å². The highest BCUT2D eigenvalue weighted by atomic mass is 32.1. The summed E-state index contributed by atoms with van der Waals surface area (Å²) in [6, 6.07) is 2.07. The zero-order valence-corrected chi connectivity index (χ0v) is 18.6. The van der Waals surface area contributed by atoms with Crippen LogP contribution in [0.5, 0.6) is 0 Å². The first kappa shape index (κ1) is 20.9. The molecule has 2 aliphatic heterocycles. The highest BCUT2D eigenvalue weighted by Gasteiger charge is 2.29. The summed E-state index contributed by atoms with van der Waals surface area (Å²) in [5.74, 6) is 1.22. The Kier molecular flexibility index (Phi) is 6.91. The molecule has 3 aliphatic rings. The van der Waals surface area contributed by atoms with E-state index in [9.17, 15) is 9.59 Å². The van der Waals surface area contributed by atoms with E-state index < -0.39 is 0 Å². The van der Waals surface area contributed by atoms with Crippen molar-refractivity contribution in [2.24, 2.45) is 11.8 Å². The Bertz CT molecular complexity index is 718. The number of nitrogens with one attached hydrogen (secondary N) is 1. The van der Waals surface area contributed by atoms with Gasteiger partial charge < -0.3 is 15.1 Å². The van der Waals surface area contributed by atoms with E-state index in [-0.39, 0.29) is 17.7 Å². The number of piperidine rings is 1. The molecule has 1 aromatic rings. The molecule has 1 atom stereocenters. The van der Waals surface area contributed by atoms with Crippen LogP contribution in [-0.2, 0) is 17.6 Å². The zero-order chi connectivity index (χ0) is 20.2. The molecule has 1 aromatic heterocycles. The van der Waals surface area contributed by atoms with Crippen LogP contribution in [-0.4, -0.2) is 60.9 Å². The average Bonchev–Trinajstić information content (AvgIpc) is 3.43. The molecule has 0 unspecified atom stereocenters. The number of thiophene rings is 1. The zero-order valence-electron chi connectivity index (χ0n) is 17.8. The Balaban J connectivity index is 1.24. The van der Waals surface area contributed by atoms with Crippen molar-refractivity contribution in [1.29, 1.82) is 0 Å². The summed E-state index contributed by atoms with van der Waals surface area (Å²) >= 11 is 1.66. The predicted octanol–water partition coefficient (Wildman–Crippen LogP) is 3.33. The highest BCUT2D eigenvalue weighted by Crippen LogP contribution is 2.33. The molecule has 0 saturated carbocycles. The lowest BCUT2D eigenvalue weighted by Crippen LogP contribution is -2.37. The van der Waals surface area contributed by atoms with E-state index in [4.69, 9.17) is 0 Å². The lowest BCUT2D eigenvalue weighted by Gasteiger charge is -2.31. The molecule has 6 heteroatoms. The summed E-state index contributed by atoms with van der Waals surface area (Å²) in [5, 5.41) is 3.21. The van der Waals surface area contributed by atoms with Crippen LogP contribution in [0.1, 0.15) is 65.6 Å². The molecular formula is C23H35N3O2S. The highest BCUT2D eigenvalue weighted by molar-refractivity contribution is 7.14. The first-order valence-corrected chi connectivity index (χ1v) is 12.4. The molecular weight excluding hydrogens is 382 g/mol. The summed E-state index contributed by atoms with van der Waals surface area (Å²) in [6.07, 6.45) is 8.51. The van der Waals surface area contributed by atoms with Gasteiger partial charge in [-0.1, -0.05) is 6.92 Å². The smallest absolute Gasteiger partial charge is 0.263 e. The third kappa shape index (κ3) is 5.02. The van der Waals surface area contributed by atoms with Crippen molar-refractivity contribution in [3.8, 4) is 0 Å². The van der Waals surface area contributed by atoms with Crippen molar-refractivity contribution in [2.45, 2.75) is 58.3 Å². The van der Waals surface area contributed by atoms with Gasteiger partial charge in [-0.05, 0) is 88.5 Å². The Hall–Kier alpha value is -1.40. The van der Waals surface area contributed by atoms with Gasteiger partial charge in [0.05, 0.1) is 4.88 Å². The fourth-order valence-electron chi connectivity index (χ4n) is 5.06. The first-order chi connectivity index (χ1) is 14.1. The number of hydrogen-bond acceptors (Lipinski definition) is 4. The largest absolute Gasteiger partial charge is 0.356 e. The van der Waals surface area contributed by atoms with Crippen molar-refractivity contribution in [3.63, 3.8) is 0 Å². The summed E-state index contributed by atoms with van der Waals surface area (Å²) in [6.45, 7) is 8.39. The second-order valence-electron chi connectivity index (χ2n) is 8.96. The molecule has 0 bridgehead atoms. The third-order valence-electron chi connectivity index (χ3n) is 7.06. The predicted molar refractivity (Wildman–Crippen MR) is 117 cm³/mol. The molecule has 0 radical (unpaired) electrons. The molecule has 4 rings (SSSR count). The van der Waals surface area contributed by atoms with Gasteiger partial charge in [0.25, 0.3) is 5.91 Å². The van der Waals surface area contributed by atoms with Crippen LogP contribution in [0.25, 0.3) is 0 Å². The molecule has 29 heavy (non-hydrogen) atoms. The number of nitrogens with zero attached hydrogens (tertiary/aromatic N) is 2. The van der Waals surface area contributed by atoms with E-state index in [0.29, 0.717) is 0 Å². The van der Waals surface area contributed by atoms with Gasteiger partial charge in [0.15, 0.2) is 0 Å². The summed E-state index contributed by atoms with van der Waals surface area (Å²) < 4.78 is 0. The second-order valence-corrected chi connectivity index (χ2v) is 10.1. The van der Waals surface area contributed by atoms with E-state index in [1.165, 1.54) is 36.4 Å². The lowest BCUT2D eigenvalue weighted by molar-refractivity contribution is -0.125. The van der Waals surface area contributed by atoms with Crippen LogP contribution in [0.3, 0.4) is 0 Å². The van der Waals surface area contributed by atoms with Crippen LogP contribution in [0.2, 0.25) is 0 Å². The van der Waals surface area contributed by atoms with Crippen LogP contribution in [0.4, 0.5) is 0 Å². The van der Waals surface area contributed by atoms with Gasteiger partial charge in [-0.25, -0.2) is 0 Å². The minimum atomic E-state index is 0.0637. The summed E-state index contributed by atoms with van der Waals surface area (Å²) in [5.41, 5.74) is 1.23. The van der Waals surface area contributed by atoms with Gasteiger partial charge >= 0.3 is 0 Å². The number of carbonyl (C=O) groups excluding carboxylic acids is 2. The van der Waals surface area contributed by atoms with Crippen LogP contribution < -0.4 is 5.32 Å². The molecule has 2 saturated heterocycles. The van der Waals surface area contributed by atoms with Gasteiger partial charge in [0.2, 0.25) is 5.91 Å². The van der Waals surface area contributed by atoms with Gasteiger partial charge in [-0.15, -0.1) is 11.3 Å². The molecule has 3 heterocycles. The maximum Gasteiger partial charge on any atom is 0.263 e. The Morgan fingerprint density at radius 2 is 1.90 bits per heavy atom. The SMILES string of the molecule is CCN1CCC(CCNC(=O)[C@@H]2CCc3sc(C(=O)N4CCCC4)cc3C2)CC1. The Labute approximate surface area is 178 Å². The number of likely N-dealkylation sites (tertiary alicyclic amines) is 2. The van der Waals surface area contributed by atoms with E-state index in [1.807, 2.05) is 4.90 Å². The first-order valence-electron chi connectivity index (χ1n) is 11.5. The minimum Gasteiger partial charge on any atom is -0.356 e. The summed E-state index contributed by atoms with van der Waals surface area (Å²) in [4.78, 5) is 32.1. The molecule has 1 N–H and O–H groups in total. The summed E-state index contributed by atoms with van der Waals surface area (Å²) in [7, 11) is 0. The third-order valence-corrected chi connectivity index (χ3v) is 8.29. The Morgan fingerprint density at radius 3 is 2.62 bits per heavy atom. The van der Waals surface area contributed by atoms with E-state index in [0.717, 1.165) is 75.5 Å². The van der Waals surface area contributed by atoms with Crippen LogP contribution >= 0.6 is 11.3 Å². The fourth-order valence-corrected chi connectivity index (χ4v) is 6.24. The quantitative estimate of drug-likeness (QED) is 0.772. The van der Waals surface area contributed by atoms with Crippen molar-refractivity contribution >= 4 is 23.2 Å². The molecule has 160 valence electrons. The maximum absolute atomic E-state index is 12.7. The molecule has 5 nitrogen and oxygen atoms in total. The van der Waals surface area contributed by atoms with Gasteiger partial charge in [0.1, 0.15) is 0 Å². The second kappa shape index (κ2) is 9.61. The molecule has 0 aromatic carbocycles. The maximum atomic E-state index is 12.7. The molecule has 1 aliphatic carbocycles. The lowest BCUT2D eigenvalue weighted by atomic mass is 9.87. The fraction of sp³-hybridized carbons (Fsp3) is 0.739. The molecule has 2 amide bonds. The number of hydrogen-bond donors (Lipinski definition) is 1. The number of aryl methyl sites for hydroxylation is 1.